The van der Waals surface area contributed by atoms with Crippen molar-refractivity contribution in [2.45, 2.75) is 19.9 Å². The molecule has 0 bridgehead atoms. The predicted molar refractivity (Wildman–Crippen MR) is 65.1 cm³/mol. The molecule has 0 aliphatic carbocycles. The number of carbonyl (C=O) groups excluding carboxylic acids is 2. The lowest BCUT2D eigenvalue weighted by atomic mass is 10.3. The van der Waals surface area contributed by atoms with Crippen LogP contribution >= 0.6 is 11.3 Å². The number of carbonyl (C=O) groups is 2. The van der Waals surface area contributed by atoms with E-state index in [0.717, 1.165) is 0 Å². The molecule has 2 N–H and O–H groups in total. The zero-order valence-corrected chi connectivity index (χ0v) is 10.7. The predicted octanol–water partition coefficient (Wildman–Crippen LogP) is 0.554. The molecule has 0 aromatic carbocycles. The number of aromatic nitrogens is 1. The molecular weight excluding hydrogens is 242 g/mol. The summed E-state index contributed by atoms with van der Waals surface area (Å²) in [7, 11) is 1.60. The number of hydrogen-bond acceptors (Lipinski definition) is 5. The number of hydrogen-bond donors (Lipinski definition) is 2. The highest BCUT2D eigenvalue weighted by molar-refractivity contribution is 7.14. The fourth-order valence-electron chi connectivity index (χ4n) is 1.08. The Morgan fingerprint density at radius 3 is 2.82 bits per heavy atom. The van der Waals surface area contributed by atoms with E-state index in [4.69, 9.17) is 5.11 Å². The molecule has 1 rings (SSSR count). The Morgan fingerprint density at radius 2 is 2.29 bits per heavy atom. The average molecular weight is 257 g/mol. The van der Waals surface area contributed by atoms with E-state index in [1.807, 2.05) is 0 Å². The first-order chi connectivity index (χ1) is 7.95. The molecule has 7 heteroatoms. The lowest BCUT2D eigenvalue weighted by molar-refractivity contribution is -0.114. The van der Waals surface area contributed by atoms with E-state index in [9.17, 15) is 9.59 Å². The normalized spacial score (nSPS) is 12.0. The minimum Gasteiger partial charge on any atom is -0.394 e. The van der Waals surface area contributed by atoms with E-state index in [0.29, 0.717) is 5.13 Å². The Labute approximate surface area is 103 Å². The number of nitrogens with one attached hydrogen (secondary N) is 1. The molecule has 0 fully saturated rings. The molecule has 0 saturated carbocycles. The highest BCUT2D eigenvalue weighted by Gasteiger charge is 2.19. The van der Waals surface area contributed by atoms with Crippen molar-refractivity contribution in [1.29, 1.82) is 0 Å². The van der Waals surface area contributed by atoms with Crippen LogP contribution in [-0.4, -0.2) is 46.5 Å². The van der Waals surface area contributed by atoms with Gasteiger partial charge >= 0.3 is 0 Å². The SMILES string of the molecule is CC(=O)Nc1nc(C(=O)N(C)C(C)CO)cs1. The minimum absolute atomic E-state index is 0.106. The van der Waals surface area contributed by atoms with Crippen LogP contribution in [0.1, 0.15) is 24.3 Å². The van der Waals surface area contributed by atoms with Gasteiger partial charge in [0, 0.05) is 19.4 Å². The van der Waals surface area contributed by atoms with Gasteiger partial charge in [0.15, 0.2) is 5.13 Å². The second kappa shape index (κ2) is 5.74. The molecule has 0 aliphatic rings. The van der Waals surface area contributed by atoms with Gasteiger partial charge < -0.3 is 15.3 Å². The molecule has 94 valence electrons. The Hall–Kier alpha value is -1.47. The van der Waals surface area contributed by atoms with Gasteiger partial charge in [0.05, 0.1) is 12.6 Å². The summed E-state index contributed by atoms with van der Waals surface area (Å²) in [5.41, 5.74) is 0.265. The molecule has 0 aliphatic heterocycles. The topological polar surface area (TPSA) is 82.5 Å². The summed E-state index contributed by atoms with van der Waals surface area (Å²) in [5.74, 6) is -0.505. The molecule has 0 spiro atoms. The molecule has 0 radical (unpaired) electrons. The van der Waals surface area contributed by atoms with Crippen molar-refractivity contribution in [3.8, 4) is 0 Å². The van der Waals surface area contributed by atoms with Crippen molar-refractivity contribution in [2.75, 3.05) is 19.0 Å². The number of thiazole rings is 1. The lowest BCUT2D eigenvalue weighted by Gasteiger charge is -2.21. The summed E-state index contributed by atoms with van der Waals surface area (Å²) in [5, 5.41) is 13.4. The molecule has 17 heavy (non-hydrogen) atoms. The van der Waals surface area contributed by atoms with Crippen molar-refractivity contribution >= 4 is 28.3 Å². The summed E-state index contributed by atoms with van der Waals surface area (Å²) in [4.78, 5) is 28.1. The standard InChI is InChI=1S/C10H15N3O3S/c1-6(4-14)13(3)9(16)8-5-17-10(12-8)11-7(2)15/h5-6,14H,4H2,1-3H3,(H,11,12,15). The number of aliphatic hydroxyl groups is 1. The second-order valence-corrected chi connectivity index (χ2v) is 4.52. The fraction of sp³-hybridized carbons (Fsp3) is 0.500. The highest BCUT2D eigenvalue weighted by atomic mass is 32.1. The number of anilines is 1. The Kier molecular flexibility index (Phi) is 4.59. The third-order valence-corrected chi connectivity index (χ3v) is 3.01. The lowest BCUT2D eigenvalue weighted by Crippen LogP contribution is -2.37. The molecule has 1 unspecified atom stereocenters. The van der Waals surface area contributed by atoms with Gasteiger partial charge in [0.1, 0.15) is 5.69 Å². The van der Waals surface area contributed by atoms with Crippen molar-refractivity contribution in [3.05, 3.63) is 11.1 Å². The number of nitrogens with zero attached hydrogens (tertiary/aromatic N) is 2. The minimum atomic E-state index is -0.278. The van der Waals surface area contributed by atoms with E-state index in [2.05, 4.69) is 10.3 Å². The Bertz CT molecular complexity index is 419. The first kappa shape index (κ1) is 13.6. The van der Waals surface area contributed by atoms with Gasteiger partial charge in [-0.15, -0.1) is 11.3 Å². The molecule has 6 nitrogen and oxygen atoms in total. The first-order valence-electron chi connectivity index (χ1n) is 5.06. The van der Waals surface area contributed by atoms with Crippen molar-refractivity contribution in [2.24, 2.45) is 0 Å². The Morgan fingerprint density at radius 1 is 1.65 bits per heavy atom. The van der Waals surface area contributed by atoms with Crippen LogP contribution in [0.15, 0.2) is 5.38 Å². The molecular formula is C10H15N3O3S. The summed E-state index contributed by atoms with van der Waals surface area (Å²) in [6.45, 7) is 3.01. The van der Waals surface area contributed by atoms with Crippen LogP contribution in [0.2, 0.25) is 0 Å². The quantitative estimate of drug-likeness (QED) is 0.825. The fourth-order valence-corrected chi connectivity index (χ4v) is 1.81. The van der Waals surface area contributed by atoms with Crippen molar-refractivity contribution < 1.29 is 14.7 Å². The van der Waals surface area contributed by atoms with Crippen LogP contribution < -0.4 is 5.32 Å². The smallest absolute Gasteiger partial charge is 0.273 e. The van der Waals surface area contributed by atoms with Crippen LogP contribution in [0.5, 0.6) is 0 Å². The van der Waals surface area contributed by atoms with Crippen LogP contribution in [0.25, 0.3) is 0 Å². The van der Waals surface area contributed by atoms with Gasteiger partial charge in [0.2, 0.25) is 5.91 Å². The van der Waals surface area contributed by atoms with E-state index >= 15 is 0 Å². The molecule has 1 atom stereocenters. The third kappa shape index (κ3) is 3.50. The Balaban J connectivity index is 2.76. The van der Waals surface area contributed by atoms with Crippen molar-refractivity contribution in [1.82, 2.24) is 9.88 Å². The van der Waals surface area contributed by atoms with Gasteiger partial charge in [-0.2, -0.15) is 0 Å². The van der Waals surface area contributed by atoms with Gasteiger partial charge in [-0.25, -0.2) is 4.98 Å². The molecule has 1 heterocycles. The maximum absolute atomic E-state index is 11.9. The first-order valence-corrected chi connectivity index (χ1v) is 5.94. The highest BCUT2D eigenvalue weighted by Crippen LogP contribution is 2.16. The zero-order valence-electron chi connectivity index (χ0n) is 9.93. The largest absolute Gasteiger partial charge is 0.394 e. The maximum Gasteiger partial charge on any atom is 0.273 e. The number of aliphatic hydroxyl groups excluding tert-OH is 1. The van der Waals surface area contributed by atoms with Gasteiger partial charge in [0.25, 0.3) is 5.91 Å². The van der Waals surface area contributed by atoms with E-state index < -0.39 is 0 Å². The van der Waals surface area contributed by atoms with E-state index in [-0.39, 0.29) is 30.2 Å². The van der Waals surface area contributed by atoms with E-state index in [1.54, 1.807) is 19.4 Å². The van der Waals surface area contributed by atoms with Crippen LogP contribution in [0.3, 0.4) is 0 Å². The summed E-state index contributed by atoms with van der Waals surface area (Å²) in [6, 6.07) is -0.270. The number of amides is 2. The average Bonchev–Trinajstić information content (AvgIpc) is 2.73. The summed E-state index contributed by atoms with van der Waals surface area (Å²) < 4.78 is 0. The van der Waals surface area contributed by atoms with Crippen LogP contribution in [-0.2, 0) is 4.79 Å². The molecule has 2 amide bonds. The van der Waals surface area contributed by atoms with Gasteiger partial charge in [-0.1, -0.05) is 0 Å². The van der Waals surface area contributed by atoms with E-state index in [1.165, 1.54) is 23.2 Å². The van der Waals surface area contributed by atoms with Crippen LogP contribution in [0, 0.1) is 0 Å². The number of rotatable bonds is 4. The molecule has 1 aromatic rings. The van der Waals surface area contributed by atoms with Crippen LogP contribution in [0.4, 0.5) is 5.13 Å². The zero-order chi connectivity index (χ0) is 13.0. The third-order valence-electron chi connectivity index (χ3n) is 2.25. The second-order valence-electron chi connectivity index (χ2n) is 3.67. The monoisotopic (exact) mass is 257 g/mol. The molecule has 0 saturated heterocycles. The number of likely N-dealkylation sites (N-methyl/N-ethyl adjacent to an activating group) is 1. The molecule has 1 aromatic heterocycles. The maximum atomic E-state index is 11.9. The summed E-state index contributed by atoms with van der Waals surface area (Å²) in [6.07, 6.45) is 0. The summed E-state index contributed by atoms with van der Waals surface area (Å²) >= 11 is 1.19. The van der Waals surface area contributed by atoms with Crippen molar-refractivity contribution in [3.63, 3.8) is 0 Å². The van der Waals surface area contributed by atoms with Gasteiger partial charge in [-0.05, 0) is 6.92 Å². The van der Waals surface area contributed by atoms with Gasteiger partial charge in [-0.3, -0.25) is 9.59 Å².